The van der Waals surface area contributed by atoms with E-state index in [1.165, 1.54) is 6.08 Å². The molecule has 2 aliphatic heterocycles. The van der Waals surface area contributed by atoms with Crippen LogP contribution in [0, 0.1) is 6.92 Å². The van der Waals surface area contributed by atoms with Gasteiger partial charge in [0.2, 0.25) is 11.8 Å². The van der Waals surface area contributed by atoms with Crippen molar-refractivity contribution >= 4 is 66.1 Å². The number of ether oxygens (including phenoxy) is 1. The molecule has 1 N–H and O–H groups in total. The molecule has 0 atom stereocenters. The summed E-state index contributed by atoms with van der Waals surface area (Å²) < 4.78 is 67.1. The topological polar surface area (TPSA) is 158 Å². The van der Waals surface area contributed by atoms with E-state index < -0.39 is 43.6 Å². The summed E-state index contributed by atoms with van der Waals surface area (Å²) >= 11 is 6.04. The molecule has 0 radical (unpaired) electrons. The second kappa shape index (κ2) is 10.4. The van der Waals surface area contributed by atoms with Crippen LogP contribution in [-0.2, 0) is 36.8 Å². The minimum atomic E-state index is -4.46. The van der Waals surface area contributed by atoms with Gasteiger partial charge < -0.3 is 13.9 Å². The van der Waals surface area contributed by atoms with Crippen LogP contribution in [0.25, 0.3) is 0 Å². The number of thioether (sulfide) groups is 1. The molecule has 1 saturated heterocycles. The number of aromatic nitrogens is 1. The number of carbonyl (C=O) groups is 2. The molecule has 0 bridgehead atoms. The number of hydrogen-bond acceptors (Lipinski definition) is 11. The van der Waals surface area contributed by atoms with Gasteiger partial charge in [-0.3, -0.25) is 24.1 Å². The van der Waals surface area contributed by atoms with E-state index in [-0.39, 0.29) is 15.8 Å². The molecule has 0 unspecified atom stereocenters. The van der Waals surface area contributed by atoms with Crippen LogP contribution in [0.4, 0.5) is 5.82 Å². The van der Waals surface area contributed by atoms with Gasteiger partial charge in [-0.05, 0) is 31.6 Å². The fraction of sp³-hybridized carbons (Fsp3) is 0.350. The molecule has 0 aromatic carbocycles. The van der Waals surface area contributed by atoms with Crippen molar-refractivity contribution in [1.82, 2.24) is 14.2 Å². The molecule has 0 saturated carbocycles. The fourth-order valence-electron chi connectivity index (χ4n) is 3.38. The Morgan fingerprint density at radius 1 is 1.25 bits per heavy atom. The highest BCUT2D eigenvalue weighted by Gasteiger charge is 2.35. The third-order valence-electron chi connectivity index (χ3n) is 5.03. The third-order valence-corrected chi connectivity index (χ3v) is 8.28. The number of carbonyl (C=O) groups excluding carboxylic acids is 2. The molecule has 196 valence electrons. The zero-order chi connectivity index (χ0) is 27.0. The van der Waals surface area contributed by atoms with E-state index in [4.69, 9.17) is 17.0 Å². The third kappa shape index (κ3) is 6.56. The lowest BCUT2D eigenvalue weighted by molar-refractivity contribution is -0.122. The molecule has 1 aromatic heterocycles. The Balaban J connectivity index is 1.82. The molecule has 3 heterocycles. The zero-order valence-electron chi connectivity index (χ0n) is 19.7. The lowest BCUT2D eigenvalue weighted by Gasteiger charge is -2.20. The van der Waals surface area contributed by atoms with Gasteiger partial charge in [0.15, 0.2) is 11.6 Å². The van der Waals surface area contributed by atoms with Gasteiger partial charge in [-0.2, -0.15) is 0 Å². The number of thiocarbonyl (C=S) groups is 1. The molecule has 36 heavy (non-hydrogen) atoms. The normalized spacial score (nSPS) is 18.9. The Labute approximate surface area is 218 Å². The molecule has 16 heteroatoms. The standard InChI is InChI=1S/C20H24N4O8S4/c1-12(9-16-19(26)24(20(33)34-16)11-35(27,28)21-14(3)25)5-6-17-23(7-8-36(29,30)31)18-15(32-17)10-13(2)22(18)4/h5-6,9-10H,7-8,11H2,1-4H3,(H,21,25)(H,29,30,31)/p-1. The largest absolute Gasteiger partial charge is 0.748 e. The summed E-state index contributed by atoms with van der Waals surface area (Å²) in [6.45, 7) is 4.47. The predicted molar refractivity (Wildman–Crippen MR) is 137 cm³/mol. The van der Waals surface area contributed by atoms with Crippen molar-refractivity contribution in [3.63, 3.8) is 0 Å². The quantitative estimate of drug-likeness (QED) is 0.268. The second-order valence-electron chi connectivity index (χ2n) is 7.98. The Morgan fingerprint density at radius 3 is 2.53 bits per heavy atom. The van der Waals surface area contributed by atoms with Gasteiger partial charge in [0.25, 0.3) is 15.9 Å². The summed E-state index contributed by atoms with van der Waals surface area (Å²) in [5, 5.41) is 0. The Morgan fingerprint density at radius 2 is 1.92 bits per heavy atom. The summed E-state index contributed by atoms with van der Waals surface area (Å²) in [6, 6.07) is 1.78. The Bertz CT molecular complexity index is 1440. The number of hydrogen-bond donors (Lipinski definition) is 1. The van der Waals surface area contributed by atoms with Crippen LogP contribution in [0.15, 0.2) is 40.7 Å². The average molecular weight is 576 g/mol. The first-order valence-electron chi connectivity index (χ1n) is 10.3. The molecule has 12 nitrogen and oxygen atoms in total. The highest BCUT2D eigenvalue weighted by molar-refractivity contribution is 8.26. The molecule has 1 fully saturated rings. The van der Waals surface area contributed by atoms with E-state index in [1.807, 2.05) is 11.5 Å². The molecular formula is C20H23N4O8S4-. The average Bonchev–Trinajstić information content (AvgIpc) is 3.29. The highest BCUT2D eigenvalue weighted by Crippen LogP contribution is 2.41. The molecule has 0 spiro atoms. The molecule has 2 amide bonds. The van der Waals surface area contributed by atoms with Crippen LogP contribution in [0.2, 0.25) is 0 Å². The monoisotopic (exact) mass is 575 g/mol. The van der Waals surface area contributed by atoms with Gasteiger partial charge in [0.05, 0.1) is 20.8 Å². The number of rotatable bonds is 8. The molecular weight excluding hydrogens is 553 g/mol. The molecule has 2 aliphatic rings. The van der Waals surface area contributed by atoms with Crippen molar-refractivity contribution in [3.05, 3.63) is 46.3 Å². The van der Waals surface area contributed by atoms with Crippen molar-refractivity contribution in [2.45, 2.75) is 20.8 Å². The van der Waals surface area contributed by atoms with E-state index in [2.05, 4.69) is 0 Å². The van der Waals surface area contributed by atoms with E-state index in [0.29, 0.717) is 23.0 Å². The minimum Gasteiger partial charge on any atom is -0.748 e. The maximum atomic E-state index is 12.7. The zero-order valence-corrected chi connectivity index (χ0v) is 22.9. The second-order valence-corrected chi connectivity index (χ2v) is 12.9. The van der Waals surface area contributed by atoms with E-state index >= 15 is 0 Å². The summed E-state index contributed by atoms with van der Waals surface area (Å²) in [7, 11) is -6.76. The number of sulfonamides is 1. The van der Waals surface area contributed by atoms with Crippen molar-refractivity contribution in [1.29, 1.82) is 0 Å². The highest BCUT2D eigenvalue weighted by atomic mass is 32.2. The van der Waals surface area contributed by atoms with Crippen LogP contribution < -0.4 is 14.4 Å². The van der Waals surface area contributed by atoms with E-state index in [0.717, 1.165) is 29.3 Å². The lowest BCUT2D eigenvalue weighted by atomic mass is 10.2. The smallest absolute Gasteiger partial charge is 0.267 e. The van der Waals surface area contributed by atoms with Crippen molar-refractivity contribution < 1.29 is 35.7 Å². The van der Waals surface area contributed by atoms with Crippen LogP contribution >= 0.6 is 24.0 Å². The summed E-state index contributed by atoms with van der Waals surface area (Å²) in [5.41, 5.74) is 1.46. The number of allylic oxidation sites excluding steroid dienone is 4. The van der Waals surface area contributed by atoms with Crippen LogP contribution in [-0.4, -0.2) is 65.2 Å². The summed E-state index contributed by atoms with van der Waals surface area (Å²) in [5.74, 6) is -1.40. The summed E-state index contributed by atoms with van der Waals surface area (Å²) in [6.07, 6.45) is 4.70. The van der Waals surface area contributed by atoms with Crippen molar-refractivity contribution in [2.75, 3.05) is 23.1 Å². The van der Waals surface area contributed by atoms with Crippen LogP contribution in [0.5, 0.6) is 5.75 Å². The Kier molecular flexibility index (Phi) is 8.04. The number of nitrogens with zero attached hydrogens (tertiary/aromatic N) is 3. The molecule has 1 aromatic rings. The van der Waals surface area contributed by atoms with Crippen LogP contribution in [0.3, 0.4) is 0 Å². The van der Waals surface area contributed by atoms with Gasteiger partial charge in [-0.25, -0.2) is 16.8 Å². The SMILES string of the molecule is CC(=O)NS(=O)(=O)CN1C(=O)C(=CC(C)=CC=C2Oc3cc(C)n(C)c3N2CCS(=O)(=O)[O-])SC1=S. The number of amides is 2. The lowest BCUT2D eigenvalue weighted by Crippen LogP contribution is -2.40. The molecule has 0 aliphatic carbocycles. The first kappa shape index (κ1) is 27.9. The number of aryl methyl sites for hydroxylation is 1. The van der Waals surface area contributed by atoms with Crippen LogP contribution in [0.1, 0.15) is 19.5 Å². The van der Waals surface area contributed by atoms with Crippen molar-refractivity contribution in [3.8, 4) is 5.75 Å². The Hall–Kier alpha value is -2.66. The molecule has 3 rings (SSSR count). The summed E-state index contributed by atoms with van der Waals surface area (Å²) in [4.78, 5) is 26.4. The first-order chi connectivity index (χ1) is 16.6. The van der Waals surface area contributed by atoms with Gasteiger partial charge in [0, 0.05) is 32.3 Å². The van der Waals surface area contributed by atoms with Gasteiger partial charge in [0.1, 0.15) is 10.2 Å². The fourth-order valence-corrected chi connectivity index (χ4v) is 6.34. The number of nitrogens with one attached hydrogen (secondary N) is 1. The van der Waals surface area contributed by atoms with E-state index in [9.17, 15) is 31.0 Å². The first-order valence-corrected chi connectivity index (χ1v) is 14.7. The maximum absolute atomic E-state index is 12.7. The minimum absolute atomic E-state index is 0.0290. The van der Waals surface area contributed by atoms with Gasteiger partial charge >= 0.3 is 0 Å². The van der Waals surface area contributed by atoms with E-state index in [1.54, 1.807) is 41.8 Å². The predicted octanol–water partition coefficient (Wildman–Crippen LogP) is 1.03. The number of anilines is 1. The van der Waals surface area contributed by atoms with Crippen molar-refractivity contribution in [2.24, 2.45) is 7.05 Å². The van der Waals surface area contributed by atoms with Gasteiger partial charge in [-0.1, -0.05) is 30.1 Å². The number of fused-ring (bicyclic) bond motifs is 1. The van der Waals surface area contributed by atoms with Gasteiger partial charge in [-0.15, -0.1) is 0 Å². The maximum Gasteiger partial charge on any atom is 0.267 e.